The number of aryl methyl sites for hydroxylation is 2. The first kappa shape index (κ1) is 14.9. The van der Waals surface area contributed by atoms with Crippen molar-refractivity contribution >= 4 is 16.3 Å². The summed E-state index contributed by atoms with van der Waals surface area (Å²) < 4.78 is 16.6. The molecule has 0 atom stereocenters. The molecule has 0 fully saturated rings. The van der Waals surface area contributed by atoms with Gasteiger partial charge in [-0.3, -0.25) is 4.68 Å². The lowest BCUT2D eigenvalue weighted by atomic mass is 10.2. The van der Waals surface area contributed by atoms with Crippen LogP contribution in [-0.2, 0) is 13.5 Å². The Morgan fingerprint density at radius 2 is 1.92 bits per heavy atom. The fourth-order valence-corrected chi connectivity index (χ4v) is 3.49. The largest absolute Gasteiger partial charge is 0.265 e. The van der Waals surface area contributed by atoms with Crippen LogP contribution in [0, 0.1) is 5.82 Å². The number of aromatic nitrogens is 6. The van der Waals surface area contributed by atoms with Crippen molar-refractivity contribution in [3.8, 4) is 22.1 Å². The third kappa shape index (κ3) is 2.48. The van der Waals surface area contributed by atoms with Crippen molar-refractivity contribution in [2.45, 2.75) is 19.8 Å². The second-order valence-corrected chi connectivity index (χ2v) is 6.48. The van der Waals surface area contributed by atoms with E-state index >= 15 is 0 Å². The van der Waals surface area contributed by atoms with Crippen molar-refractivity contribution in [3.63, 3.8) is 0 Å². The number of benzene rings is 1. The highest BCUT2D eigenvalue weighted by atomic mass is 32.1. The van der Waals surface area contributed by atoms with Crippen molar-refractivity contribution in [3.05, 3.63) is 41.8 Å². The third-order valence-corrected chi connectivity index (χ3v) is 4.67. The van der Waals surface area contributed by atoms with Gasteiger partial charge in [-0.05, 0) is 36.8 Å². The van der Waals surface area contributed by atoms with Crippen LogP contribution in [0.4, 0.5) is 4.39 Å². The van der Waals surface area contributed by atoms with Gasteiger partial charge in [0.15, 0.2) is 10.8 Å². The Balaban J connectivity index is 1.78. The van der Waals surface area contributed by atoms with Crippen LogP contribution in [0.25, 0.3) is 27.1 Å². The van der Waals surface area contributed by atoms with E-state index in [0.717, 1.165) is 34.8 Å². The minimum atomic E-state index is -0.281. The zero-order chi connectivity index (χ0) is 16.7. The first-order valence-electron chi connectivity index (χ1n) is 7.67. The van der Waals surface area contributed by atoms with Crippen LogP contribution in [0.5, 0.6) is 0 Å². The number of nitrogens with zero attached hydrogens (tertiary/aromatic N) is 6. The maximum atomic E-state index is 13.1. The Bertz CT molecular complexity index is 998. The summed E-state index contributed by atoms with van der Waals surface area (Å²) in [6.07, 6.45) is 2.00. The number of hydrogen-bond donors (Lipinski definition) is 0. The normalized spacial score (nSPS) is 11.5. The van der Waals surface area contributed by atoms with E-state index in [1.54, 1.807) is 16.6 Å². The van der Waals surface area contributed by atoms with Gasteiger partial charge in [0, 0.05) is 12.6 Å². The highest BCUT2D eigenvalue weighted by molar-refractivity contribution is 7.19. The summed E-state index contributed by atoms with van der Waals surface area (Å²) in [7, 11) is 1.91. The molecule has 0 saturated carbocycles. The molecule has 0 radical (unpaired) electrons. The molecule has 0 aliphatic heterocycles. The van der Waals surface area contributed by atoms with Crippen LogP contribution in [0.3, 0.4) is 0 Å². The van der Waals surface area contributed by atoms with Crippen LogP contribution in [0.1, 0.15) is 19.0 Å². The highest BCUT2D eigenvalue weighted by Crippen LogP contribution is 2.28. The molecule has 0 N–H and O–H groups in total. The van der Waals surface area contributed by atoms with E-state index < -0.39 is 0 Å². The molecule has 0 saturated heterocycles. The van der Waals surface area contributed by atoms with Gasteiger partial charge in [0.05, 0.1) is 11.4 Å². The number of rotatable bonds is 4. The number of hydrogen-bond acceptors (Lipinski definition) is 5. The average molecular weight is 342 g/mol. The molecule has 1 aromatic carbocycles. The van der Waals surface area contributed by atoms with Crippen molar-refractivity contribution in [1.29, 1.82) is 0 Å². The molecule has 3 heterocycles. The van der Waals surface area contributed by atoms with Crippen LogP contribution in [0.2, 0.25) is 0 Å². The Kier molecular flexibility index (Phi) is 3.61. The van der Waals surface area contributed by atoms with Gasteiger partial charge in [0.2, 0.25) is 4.96 Å². The summed E-state index contributed by atoms with van der Waals surface area (Å²) in [5.41, 5.74) is 2.79. The molecule has 0 aliphatic carbocycles. The molecule has 0 bridgehead atoms. The molecule has 4 rings (SSSR count). The fraction of sp³-hybridized carbons (Fsp3) is 0.250. The van der Waals surface area contributed by atoms with Gasteiger partial charge in [-0.15, -0.1) is 10.2 Å². The molecular formula is C16H15FN6S. The van der Waals surface area contributed by atoms with E-state index in [4.69, 9.17) is 0 Å². The summed E-state index contributed by atoms with van der Waals surface area (Å²) in [5.74, 6) is 0.320. The van der Waals surface area contributed by atoms with Gasteiger partial charge in [0.1, 0.15) is 5.82 Å². The molecule has 8 heteroatoms. The molecule has 0 amide bonds. The Morgan fingerprint density at radius 3 is 2.67 bits per heavy atom. The average Bonchev–Trinajstić information content (AvgIpc) is 3.22. The molecule has 24 heavy (non-hydrogen) atoms. The van der Waals surface area contributed by atoms with Gasteiger partial charge in [0.25, 0.3) is 0 Å². The molecule has 3 aromatic heterocycles. The Labute approximate surface area is 141 Å². The molecule has 0 spiro atoms. The van der Waals surface area contributed by atoms with Crippen LogP contribution < -0.4 is 0 Å². The summed E-state index contributed by atoms with van der Waals surface area (Å²) >= 11 is 1.46. The lowest BCUT2D eigenvalue weighted by Gasteiger charge is -1.97. The minimum absolute atomic E-state index is 0.281. The maximum absolute atomic E-state index is 13.1. The smallest absolute Gasteiger partial charge is 0.235 e. The SMILES string of the molecule is CCCc1cc(-c2nn3c(-c4ccc(F)cc4)nnc3s2)n(C)n1. The van der Waals surface area contributed by atoms with Gasteiger partial charge < -0.3 is 0 Å². The molecular weight excluding hydrogens is 327 g/mol. The molecule has 4 aromatic rings. The zero-order valence-corrected chi connectivity index (χ0v) is 14.1. The van der Waals surface area contributed by atoms with E-state index in [1.807, 2.05) is 11.7 Å². The van der Waals surface area contributed by atoms with Crippen molar-refractivity contribution in [1.82, 2.24) is 29.6 Å². The van der Waals surface area contributed by atoms with E-state index in [1.165, 1.54) is 23.5 Å². The second kappa shape index (κ2) is 5.79. The van der Waals surface area contributed by atoms with Gasteiger partial charge in [-0.2, -0.15) is 14.7 Å². The van der Waals surface area contributed by atoms with Crippen LogP contribution in [0.15, 0.2) is 30.3 Å². The van der Waals surface area contributed by atoms with Gasteiger partial charge >= 0.3 is 0 Å². The summed E-state index contributed by atoms with van der Waals surface area (Å²) in [6.45, 7) is 2.13. The maximum Gasteiger partial charge on any atom is 0.235 e. The zero-order valence-electron chi connectivity index (χ0n) is 13.3. The molecule has 0 unspecified atom stereocenters. The van der Waals surface area contributed by atoms with Crippen molar-refractivity contribution in [2.24, 2.45) is 7.05 Å². The number of halogens is 1. The summed E-state index contributed by atoms with van der Waals surface area (Å²) in [5, 5.41) is 18.3. The van der Waals surface area contributed by atoms with Crippen LogP contribution >= 0.6 is 11.3 Å². The minimum Gasteiger partial charge on any atom is -0.265 e. The molecule has 6 nitrogen and oxygen atoms in total. The van der Waals surface area contributed by atoms with E-state index in [9.17, 15) is 4.39 Å². The van der Waals surface area contributed by atoms with E-state index in [-0.39, 0.29) is 5.82 Å². The third-order valence-electron chi connectivity index (χ3n) is 3.75. The topological polar surface area (TPSA) is 60.9 Å². The summed E-state index contributed by atoms with van der Waals surface area (Å²) in [4.78, 5) is 0.697. The monoisotopic (exact) mass is 342 g/mol. The standard InChI is InChI=1S/C16H15FN6S/c1-3-4-12-9-13(22(2)20-12)15-21-23-14(18-19-16(23)24-15)10-5-7-11(17)8-6-10/h5-9H,3-4H2,1-2H3. The summed E-state index contributed by atoms with van der Waals surface area (Å²) in [6, 6.07) is 8.22. The lowest BCUT2D eigenvalue weighted by Crippen LogP contribution is -1.96. The van der Waals surface area contributed by atoms with Gasteiger partial charge in [-0.25, -0.2) is 4.39 Å². The quantitative estimate of drug-likeness (QED) is 0.571. The van der Waals surface area contributed by atoms with E-state index in [2.05, 4.69) is 33.4 Å². The van der Waals surface area contributed by atoms with Crippen LogP contribution in [-0.4, -0.2) is 29.6 Å². The first-order chi connectivity index (χ1) is 11.7. The van der Waals surface area contributed by atoms with E-state index in [0.29, 0.717) is 10.8 Å². The molecule has 122 valence electrons. The first-order valence-corrected chi connectivity index (χ1v) is 8.49. The second-order valence-electron chi connectivity index (χ2n) is 5.53. The fourth-order valence-electron chi connectivity index (χ4n) is 2.60. The van der Waals surface area contributed by atoms with Crippen molar-refractivity contribution in [2.75, 3.05) is 0 Å². The van der Waals surface area contributed by atoms with Crippen molar-refractivity contribution < 1.29 is 4.39 Å². The Morgan fingerprint density at radius 1 is 1.12 bits per heavy atom. The predicted molar refractivity (Wildman–Crippen MR) is 90.3 cm³/mol. The number of fused-ring (bicyclic) bond motifs is 1. The highest BCUT2D eigenvalue weighted by Gasteiger charge is 2.17. The predicted octanol–water partition coefficient (Wildman–Crippen LogP) is 3.34. The molecule has 0 aliphatic rings. The Hall–Kier alpha value is -2.61. The lowest BCUT2D eigenvalue weighted by molar-refractivity contribution is 0.628. The van der Waals surface area contributed by atoms with Gasteiger partial charge in [-0.1, -0.05) is 24.7 Å².